The van der Waals surface area contributed by atoms with Gasteiger partial charge in [0, 0.05) is 12.2 Å². The van der Waals surface area contributed by atoms with Crippen molar-refractivity contribution in [2.75, 3.05) is 11.4 Å². The molecule has 0 aliphatic heterocycles. The summed E-state index contributed by atoms with van der Waals surface area (Å²) in [5.41, 5.74) is 1.70. The molecule has 0 aliphatic rings. The van der Waals surface area contributed by atoms with Gasteiger partial charge in [-0.1, -0.05) is 31.2 Å². The van der Waals surface area contributed by atoms with E-state index in [1.165, 1.54) is 11.3 Å². The van der Waals surface area contributed by atoms with E-state index in [1.54, 1.807) is 17.9 Å². The van der Waals surface area contributed by atoms with Crippen LogP contribution in [0, 0.1) is 12.8 Å². The lowest BCUT2D eigenvalue weighted by molar-refractivity contribution is -0.140. The summed E-state index contributed by atoms with van der Waals surface area (Å²) in [7, 11) is 0. The van der Waals surface area contributed by atoms with Crippen LogP contribution in [0.5, 0.6) is 0 Å². The largest absolute Gasteiger partial charge is 0.481 e. The molecule has 110 valence electrons. The molecule has 1 aromatic heterocycles. The maximum Gasteiger partial charge on any atom is 0.308 e. The molecule has 1 aromatic carbocycles. The Morgan fingerprint density at radius 2 is 1.95 bits per heavy atom. The number of thiophene rings is 1. The van der Waals surface area contributed by atoms with Gasteiger partial charge in [0.15, 0.2) is 0 Å². The highest BCUT2D eigenvalue weighted by atomic mass is 32.1. The summed E-state index contributed by atoms with van der Waals surface area (Å²) < 4.78 is 0. The Balaban J connectivity index is 2.37. The van der Waals surface area contributed by atoms with Crippen LogP contribution in [0.2, 0.25) is 0 Å². The van der Waals surface area contributed by atoms with E-state index in [2.05, 4.69) is 0 Å². The van der Waals surface area contributed by atoms with Crippen molar-refractivity contribution in [3.8, 4) is 0 Å². The van der Waals surface area contributed by atoms with Gasteiger partial charge < -0.3 is 10.0 Å². The zero-order valence-electron chi connectivity index (χ0n) is 11.9. The molecule has 1 N–H and O–H groups in total. The van der Waals surface area contributed by atoms with Crippen LogP contribution in [0.25, 0.3) is 0 Å². The Bertz CT molecular complexity index is 637. The summed E-state index contributed by atoms with van der Waals surface area (Å²) in [6, 6.07) is 11.1. The van der Waals surface area contributed by atoms with Crippen LogP contribution in [0.4, 0.5) is 5.69 Å². The second kappa shape index (κ2) is 6.54. The molecule has 0 bridgehead atoms. The van der Waals surface area contributed by atoms with Gasteiger partial charge in [0.1, 0.15) is 0 Å². The van der Waals surface area contributed by atoms with E-state index in [0.29, 0.717) is 4.88 Å². The number of hydrogen-bond acceptors (Lipinski definition) is 3. The molecule has 0 aliphatic carbocycles. The van der Waals surface area contributed by atoms with E-state index in [-0.39, 0.29) is 12.5 Å². The van der Waals surface area contributed by atoms with Crippen LogP contribution >= 0.6 is 11.3 Å². The maximum atomic E-state index is 12.7. The third kappa shape index (κ3) is 3.49. The lowest BCUT2D eigenvalue weighted by Crippen LogP contribution is -2.37. The minimum atomic E-state index is -0.910. The molecule has 1 amide bonds. The van der Waals surface area contributed by atoms with Crippen LogP contribution in [0.3, 0.4) is 0 Å². The fourth-order valence-electron chi connectivity index (χ4n) is 2.04. The number of carboxylic acids is 1. The standard InChI is InChI=1S/C16H17NO3S/c1-11-6-3-4-7-13(11)17(10-12(2)16(19)20)15(18)14-8-5-9-21-14/h3-9,12H,10H2,1-2H3,(H,19,20). The minimum Gasteiger partial charge on any atom is -0.481 e. The average molecular weight is 303 g/mol. The van der Waals surface area contributed by atoms with Gasteiger partial charge in [0.05, 0.1) is 10.8 Å². The molecular formula is C16H17NO3S. The minimum absolute atomic E-state index is 0.150. The van der Waals surface area contributed by atoms with Crippen LogP contribution in [0.1, 0.15) is 22.2 Å². The zero-order chi connectivity index (χ0) is 15.4. The number of amides is 1. The Morgan fingerprint density at radius 1 is 1.24 bits per heavy atom. The van der Waals surface area contributed by atoms with E-state index >= 15 is 0 Å². The monoisotopic (exact) mass is 303 g/mol. The molecular weight excluding hydrogens is 286 g/mol. The highest BCUT2D eigenvalue weighted by Gasteiger charge is 2.24. The number of nitrogens with zero attached hydrogens (tertiary/aromatic N) is 1. The number of para-hydroxylation sites is 1. The lowest BCUT2D eigenvalue weighted by Gasteiger charge is -2.25. The normalized spacial score (nSPS) is 11.9. The number of carbonyl (C=O) groups is 2. The van der Waals surface area contributed by atoms with Gasteiger partial charge in [-0.25, -0.2) is 0 Å². The van der Waals surface area contributed by atoms with Gasteiger partial charge in [0.25, 0.3) is 5.91 Å². The van der Waals surface area contributed by atoms with E-state index in [9.17, 15) is 9.59 Å². The van der Waals surface area contributed by atoms with Gasteiger partial charge in [-0.3, -0.25) is 9.59 Å². The van der Waals surface area contributed by atoms with E-state index in [4.69, 9.17) is 5.11 Å². The van der Waals surface area contributed by atoms with Gasteiger partial charge in [-0.2, -0.15) is 0 Å². The third-order valence-corrected chi connectivity index (χ3v) is 4.12. The highest BCUT2D eigenvalue weighted by Crippen LogP contribution is 2.24. The summed E-state index contributed by atoms with van der Waals surface area (Å²) in [6.45, 7) is 3.67. The second-order valence-electron chi connectivity index (χ2n) is 4.92. The van der Waals surface area contributed by atoms with E-state index in [1.807, 2.05) is 42.6 Å². The number of carboxylic acid groups (broad SMARTS) is 1. The molecule has 2 rings (SSSR count). The van der Waals surface area contributed by atoms with Gasteiger partial charge in [-0.05, 0) is 30.0 Å². The van der Waals surface area contributed by atoms with Crippen molar-refractivity contribution in [1.82, 2.24) is 0 Å². The lowest BCUT2D eigenvalue weighted by atomic mass is 10.1. The summed E-state index contributed by atoms with van der Waals surface area (Å²) >= 11 is 1.36. The van der Waals surface area contributed by atoms with Crippen LogP contribution in [-0.2, 0) is 4.79 Å². The second-order valence-corrected chi connectivity index (χ2v) is 5.87. The number of benzene rings is 1. The number of rotatable bonds is 5. The first-order valence-corrected chi connectivity index (χ1v) is 7.52. The molecule has 1 atom stereocenters. The molecule has 0 saturated heterocycles. The number of aryl methyl sites for hydroxylation is 1. The first-order valence-electron chi connectivity index (χ1n) is 6.64. The topological polar surface area (TPSA) is 57.6 Å². The van der Waals surface area contributed by atoms with Crippen molar-refractivity contribution in [2.45, 2.75) is 13.8 Å². The Hall–Kier alpha value is -2.14. The van der Waals surface area contributed by atoms with Crippen molar-refractivity contribution < 1.29 is 14.7 Å². The van der Waals surface area contributed by atoms with Crippen LogP contribution in [0.15, 0.2) is 41.8 Å². The van der Waals surface area contributed by atoms with Gasteiger partial charge in [-0.15, -0.1) is 11.3 Å². The molecule has 21 heavy (non-hydrogen) atoms. The smallest absolute Gasteiger partial charge is 0.308 e. The molecule has 2 aromatic rings. The van der Waals surface area contributed by atoms with Crippen molar-refractivity contribution in [2.24, 2.45) is 5.92 Å². The van der Waals surface area contributed by atoms with E-state index in [0.717, 1.165) is 11.3 Å². The molecule has 0 spiro atoms. The van der Waals surface area contributed by atoms with Crippen LogP contribution in [-0.4, -0.2) is 23.5 Å². The summed E-state index contributed by atoms with van der Waals surface area (Å²) in [6.07, 6.45) is 0. The molecule has 1 heterocycles. The Morgan fingerprint density at radius 3 is 2.52 bits per heavy atom. The fourth-order valence-corrected chi connectivity index (χ4v) is 2.71. The quantitative estimate of drug-likeness (QED) is 0.920. The van der Waals surface area contributed by atoms with Crippen LogP contribution < -0.4 is 4.90 Å². The molecule has 4 nitrogen and oxygen atoms in total. The number of carbonyl (C=O) groups excluding carboxylic acids is 1. The van der Waals surface area contributed by atoms with Crippen molar-refractivity contribution in [3.05, 3.63) is 52.2 Å². The SMILES string of the molecule is Cc1ccccc1N(CC(C)C(=O)O)C(=O)c1cccs1. The van der Waals surface area contributed by atoms with Crippen molar-refractivity contribution in [1.29, 1.82) is 0 Å². The third-order valence-electron chi connectivity index (χ3n) is 3.26. The first kappa shape index (κ1) is 15.3. The molecule has 1 unspecified atom stereocenters. The van der Waals surface area contributed by atoms with Crippen molar-refractivity contribution >= 4 is 28.9 Å². The highest BCUT2D eigenvalue weighted by molar-refractivity contribution is 7.12. The van der Waals surface area contributed by atoms with Gasteiger partial charge >= 0.3 is 5.97 Å². The number of anilines is 1. The molecule has 0 fully saturated rings. The molecule has 0 saturated carbocycles. The molecule has 0 radical (unpaired) electrons. The summed E-state index contributed by atoms with van der Waals surface area (Å²) in [5, 5.41) is 11.0. The zero-order valence-corrected chi connectivity index (χ0v) is 12.8. The summed E-state index contributed by atoms with van der Waals surface area (Å²) in [5.74, 6) is -1.70. The Labute approximate surface area is 127 Å². The number of hydrogen-bond donors (Lipinski definition) is 1. The van der Waals surface area contributed by atoms with Gasteiger partial charge in [0.2, 0.25) is 0 Å². The first-order chi connectivity index (χ1) is 10.0. The summed E-state index contributed by atoms with van der Waals surface area (Å²) in [4.78, 5) is 25.9. The predicted octanol–water partition coefficient (Wildman–Crippen LogP) is 3.42. The average Bonchev–Trinajstić information content (AvgIpc) is 2.98. The molecule has 5 heteroatoms. The predicted molar refractivity (Wildman–Crippen MR) is 84.0 cm³/mol. The fraction of sp³-hybridized carbons (Fsp3) is 0.250. The number of aliphatic carboxylic acids is 1. The Kier molecular flexibility index (Phi) is 4.75. The van der Waals surface area contributed by atoms with Crippen molar-refractivity contribution in [3.63, 3.8) is 0 Å². The van der Waals surface area contributed by atoms with E-state index < -0.39 is 11.9 Å². The maximum absolute atomic E-state index is 12.7.